The Morgan fingerprint density at radius 3 is 1.44 bits per heavy atom. The molecule has 10 nitrogen and oxygen atoms in total. The third-order valence-electron chi connectivity index (χ3n) is 6.25. The molecule has 1 saturated heterocycles. The average Bonchev–Trinajstić information content (AvgIpc) is 2.84. The third-order valence-corrected chi connectivity index (χ3v) is 6.25. The minimum absolute atomic E-state index is 0.102. The van der Waals surface area contributed by atoms with Crippen LogP contribution >= 0.6 is 0 Å². The number of anilines is 2. The van der Waals surface area contributed by atoms with Crippen molar-refractivity contribution in [3.8, 4) is 23.0 Å². The van der Waals surface area contributed by atoms with E-state index in [-0.39, 0.29) is 22.9 Å². The first-order chi connectivity index (χ1) is 16.4. The second-order valence-corrected chi connectivity index (χ2v) is 8.10. The highest BCUT2D eigenvalue weighted by atomic mass is 16.5. The summed E-state index contributed by atoms with van der Waals surface area (Å²) >= 11 is 0. The molecule has 3 heterocycles. The van der Waals surface area contributed by atoms with E-state index < -0.39 is 11.1 Å². The number of fused-ring (bicyclic) bond motifs is 2. The summed E-state index contributed by atoms with van der Waals surface area (Å²) in [5.41, 5.74) is 0.503. The fraction of sp³-hybridized carbons (Fsp3) is 0.250. The summed E-state index contributed by atoms with van der Waals surface area (Å²) in [6.45, 7) is 1.49. The quantitative estimate of drug-likeness (QED) is 0.361. The van der Waals surface area contributed by atoms with Gasteiger partial charge in [-0.05, 0) is 24.3 Å². The number of aromatic hydroxyl groups is 2. The smallest absolute Gasteiger partial charge is 0.275 e. The van der Waals surface area contributed by atoms with Crippen LogP contribution in [-0.4, -0.2) is 60.6 Å². The van der Waals surface area contributed by atoms with E-state index in [0.29, 0.717) is 59.5 Å². The van der Waals surface area contributed by atoms with Crippen molar-refractivity contribution in [3.05, 3.63) is 57.1 Å². The average molecular weight is 464 g/mol. The number of aromatic amines is 2. The van der Waals surface area contributed by atoms with Crippen molar-refractivity contribution in [3.63, 3.8) is 0 Å². The molecular formula is C24H24N4O6. The number of aromatic nitrogens is 2. The molecule has 2 aromatic heterocycles. The molecule has 0 amide bonds. The van der Waals surface area contributed by atoms with Gasteiger partial charge in [0.1, 0.15) is 22.9 Å². The Hall–Kier alpha value is -4.34. The third kappa shape index (κ3) is 3.43. The van der Waals surface area contributed by atoms with Gasteiger partial charge in [-0.1, -0.05) is 0 Å². The Kier molecular flexibility index (Phi) is 5.20. The van der Waals surface area contributed by atoms with E-state index in [1.54, 1.807) is 46.2 Å². The van der Waals surface area contributed by atoms with Crippen LogP contribution in [0.1, 0.15) is 0 Å². The van der Waals surface area contributed by atoms with Gasteiger partial charge < -0.3 is 39.5 Å². The molecule has 34 heavy (non-hydrogen) atoms. The topological polar surface area (TPSA) is 131 Å². The van der Waals surface area contributed by atoms with Crippen LogP contribution in [0.3, 0.4) is 0 Å². The molecule has 0 spiro atoms. The lowest BCUT2D eigenvalue weighted by Crippen LogP contribution is -2.49. The van der Waals surface area contributed by atoms with E-state index in [1.807, 2.05) is 0 Å². The summed E-state index contributed by atoms with van der Waals surface area (Å²) in [6.07, 6.45) is 0. The van der Waals surface area contributed by atoms with E-state index >= 15 is 0 Å². The van der Waals surface area contributed by atoms with E-state index in [0.717, 1.165) is 0 Å². The Morgan fingerprint density at radius 2 is 1.09 bits per heavy atom. The Labute approximate surface area is 193 Å². The highest BCUT2D eigenvalue weighted by molar-refractivity contribution is 5.92. The van der Waals surface area contributed by atoms with E-state index in [1.165, 1.54) is 14.2 Å². The number of H-pyrrole nitrogens is 2. The molecule has 0 saturated carbocycles. The zero-order valence-corrected chi connectivity index (χ0v) is 18.7. The second-order valence-electron chi connectivity index (χ2n) is 8.10. The standard InChI is InChI=1S/C24H24N4O6/c1-33-13-3-5-15-17(11-13)25-23(31)19(21(15)29)27-7-9-28(10-8-27)20-22(30)16-6-4-14(34-2)12-18(16)26-24(20)32/h3-6,11-12H,7-10H2,1-2H3,(H2,25,29,31)(H2,26,30,32). The van der Waals surface area contributed by atoms with Crippen molar-refractivity contribution in [1.82, 2.24) is 9.97 Å². The summed E-state index contributed by atoms with van der Waals surface area (Å²) in [5.74, 6) is 0.941. The number of rotatable bonds is 4. The van der Waals surface area contributed by atoms with Crippen LogP contribution in [-0.2, 0) is 0 Å². The minimum Gasteiger partial charge on any atom is -0.505 e. The first-order valence-electron chi connectivity index (χ1n) is 10.8. The molecule has 1 aliphatic heterocycles. The molecule has 10 heteroatoms. The highest BCUT2D eigenvalue weighted by Gasteiger charge is 2.27. The maximum Gasteiger partial charge on any atom is 0.275 e. The molecule has 0 unspecified atom stereocenters. The number of methoxy groups -OCH3 is 2. The maximum absolute atomic E-state index is 12.8. The lowest BCUT2D eigenvalue weighted by Gasteiger charge is -2.37. The summed E-state index contributed by atoms with van der Waals surface area (Å²) in [7, 11) is 3.06. The molecule has 0 atom stereocenters. The van der Waals surface area contributed by atoms with Gasteiger partial charge in [-0.2, -0.15) is 0 Å². The molecule has 0 bridgehead atoms. The fourth-order valence-corrected chi connectivity index (χ4v) is 4.49. The zero-order valence-electron chi connectivity index (χ0n) is 18.7. The number of hydrogen-bond donors (Lipinski definition) is 4. The zero-order chi connectivity index (χ0) is 24.0. The molecule has 176 valence electrons. The van der Waals surface area contributed by atoms with Crippen molar-refractivity contribution in [1.29, 1.82) is 0 Å². The molecular weight excluding hydrogens is 440 g/mol. The molecule has 4 aromatic rings. The van der Waals surface area contributed by atoms with Crippen LogP contribution in [0.25, 0.3) is 21.8 Å². The first-order valence-corrected chi connectivity index (χ1v) is 10.8. The molecule has 4 N–H and O–H groups in total. The Balaban J connectivity index is 1.44. The molecule has 5 rings (SSSR count). The van der Waals surface area contributed by atoms with Crippen LogP contribution < -0.4 is 30.4 Å². The van der Waals surface area contributed by atoms with Crippen LogP contribution in [0, 0.1) is 0 Å². The van der Waals surface area contributed by atoms with Gasteiger partial charge in [-0.15, -0.1) is 0 Å². The lowest BCUT2D eigenvalue weighted by molar-refractivity contribution is 0.415. The molecule has 2 aromatic carbocycles. The Morgan fingerprint density at radius 1 is 0.706 bits per heavy atom. The fourth-order valence-electron chi connectivity index (χ4n) is 4.49. The van der Waals surface area contributed by atoms with Crippen LogP contribution in [0.2, 0.25) is 0 Å². The van der Waals surface area contributed by atoms with Gasteiger partial charge in [0.25, 0.3) is 11.1 Å². The van der Waals surface area contributed by atoms with Crippen molar-refractivity contribution in [2.45, 2.75) is 0 Å². The maximum atomic E-state index is 12.8. The molecule has 0 aliphatic carbocycles. The molecule has 1 aliphatic rings. The van der Waals surface area contributed by atoms with Gasteiger partial charge in [0.05, 0.1) is 25.3 Å². The summed E-state index contributed by atoms with van der Waals surface area (Å²) < 4.78 is 10.4. The number of hydrogen-bond acceptors (Lipinski definition) is 8. The van der Waals surface area contributed by atoms with Gasteiger partial charge in [-0.25, -0.2) is 0 Å². The predicted molar refractivity (Wildman–Crippen MR) is 130 cm³/mol. The normalized spacial score (nSPS) is 14.1. The van der Waals surface area contributed by atoms with E-state index in [2.05, 4.69) is 9.97 Å². The number of piperazine rings is 1. The first kappa shape index (κ1) is 21.5. The van der Waals surface area contributed by atoms with Gasteiger partial charge >= 0.3 is 0 Å². The summed E-state index contributed by atoms with van der Waals surface area (Å²) in [6, 6.07) is 10.1. The molecule has 0 radical (unpaired) electrons. The predicted octanol–water partition coefficient (Wildman–Crippen LogP) is 2.12. The SMILES string of the molecule is COc1ccc2c(O)c(N3CCN(c4c(O)c5ccc(OC)cc5[nH]c4=O)CC3)c(=O)[nH]c2c1. The largest absolute Gasteiger partial charge is 0.505 e. The monoisotopic (exact) mass is 464 g/mol. The van der Waals surface area contributed by atoms with Gasteiger partial charge in [0.2, 0.25) is 0 Å². The van der Waals surface area contributed by atoms with Crippen molar-refractivity contribution < 1.29 is 19.7 Å². The van der Waals surface area contributed by atoms with E-state index in [9.17, 15) is 19.8 Å². The second kappa shape index (κ2) is 8.22. The lowest BCUT2D eigenvalue weighted by atomic mass is 10.1. The number of benzene rings is 2. The number of nitrogens with zero attached hydrogens (tertiary/aromatic N) is 2. The number of nitrogens with one attached hydrogen (secondary N) is 2. The summed E-state index contributed by atoms with van der Waals surface area (Å²) in [5, 5.41) is 22.7. The summed E-state index contributed by atoms with van der Waals surface area (Å²) in [4.78, 5) is 34.8. The van der Waals surface area contributed by atoms with Crippen LogP contribution in [0.4, 0.5) is 11.4 Å². The van der Waals surface area contributed by atoms with Gasteiger partial charge in [0, 0.05) is 49.1 Å². The van der Waals surface area contributed by atoms with Crippen molar-refractivity contribution in [2.75, 3.05) is 50.2 Å². The Bertz CT molecular complexity index is 1400. The van der Waals surface area contributed by atoms with Crippen molar-refractivity contribution >= 4 is 33.2 Å². The van der Waals surface area contributed by atoms with Gasteiger partial charge in [0.15, 0.2) is 11.5 Å². The number of ether oxygens (including phenoxy) is 2. The van der Waals surface area contributed by atoms with Crippen molar-refractivity contribution in [2.24, 2.45) is 0 Å². The van der Waals surface area contributed by atoms with Crippen LogP contribution in [0.5, 0.6) is 23.0 Å². The van der Waals surface area contributed by atoms with E-state index in [4.69, 9.17) is 9.47 Å². The minimum atomic E-state index is -0.410. The van der Waals surface area contributed by atoms with Crippen LogP contribution in [0.15, 0.2) is 46.0 Å². The molecule has 1 fully saturated rings. The van der Waals surface area contributed by atoms with Gasteiger partial charge in [-0.3, -0.25) is 9.59 Å². The highest BCUT2D eigenvalue weighted by Crippen LogP contribution is 2.35. The number of pyridine rings is 2.